The van der Waals surface area contributed by atoms with E-state index >= 15 is 4.39 Å². The number of carbonyl (C=O) groups excluding carboxylic acids is 1. The molecule has 1 aliphatic heterocycles. The monoisotopic (exact) mass is 617 g/mol. The van der Waals surface area contributed by atoms with Crippen LogP contribution in [0.1, 0.15) is 25.2 Å². The maximum absolute atomic E-state index is 15.1. The summed E-state index contributed by atoms with van der Waals surface area (Å²) in [7, 11) is 1.54. The molecule has 0 radical (unpaired) electrons. The molecule has 234 valence electrons. The van der Waals surface area contributed by atoms with E-state index in [-0.39, 0.29) is 17.8 Å². The van der Waals surface area contributed by atoms with Crippen LogP contribution in [0, 0.1) is 5.82 Å². The van der Waals surface area contributed by atoms with E-state index in [0.717, 1.165) is 39.5 Å². The van der Waals surface area contributed by atoms with Gasteiger partial charge in [-0.25, -0.2) is 9.37 Å². The standard InChI is InChI=1S/C30H31F4N5O5/c1-29(2,30(32,33)34)26-16-27(38-44-26)37-28(40)13-18-4-5-19(12-20(18)31)23-17-35-21-14-24(41-3)25(15-22(21)36-23)43-11-8-39-6-9-42-10-7-39/h4-5,12,14-17H,6-11,13H2,1-3H3,(H,37,38,40). The number of halogens is 4. The van der Waals surface area contributed by atoms with Gasteiger partial charge in [0.25, 0.3) is 0 Å². The van der Waals surface area contributed by atoms with Crippen LogP contribution in [0.25, 0.3) is 22.3 Å². The Morgan fingerprint density at radius 3 is 2.52 bits per heavy atom. The van der Waals surface area contributed by atoms with Gasteiger partial charge in [-0.3, -0.25) is 14.7 Å². The molecule has 0 saturated carbocycles. The lowest BCUT2D eigenvalue weighted by atomic mass is 9.89. The highest BCUT2D eigenvalue weighted by atomic mass is 19.4. The summed E-state index contributed by atoms with van der Waals surface area (Å²) in [4.78, 5) is 23.8. The first kappa shape index (κ1) is 31.1. The summed E-state index contributed by atoms with van der Waals surface area (Å²) in [5, 5.41) is 5.84. The number of carbonyl (C=O) groups is 1. The Bertz CT molecular complexity index is 1640. The van der Waals surface area contributed by atoms with E-state index in [0.29, 0.717) is 53.6 Å². The van der Waals surface area contributed by atoms with E-state index in [4.69, 9.17) is 18.7 Å². The number of benzene rings is 2. The number of ether oxygens (including phenoxy) is 3. The van der Waals surface area contributed by atoms with E-state index in [1.807, 2.05) is 0 Å². The van der Waals surface area contributed by atoms with E-state index in [1.165, 1.54) is 18.3 Å². The number of aromatic nitrogens is 3. The number of anilines is 1. The van der Waals surface area contributed by atoms with Crippen LogP contribution in [0.2, 0.25) is 0 Å². The fourth-order valence-corrected chi connectivity index (χ4v) is 4.52. The lowest BCUT2D eigenvalue weighted by molar-refractivity contribution is -0.185. The summed E-state index contributed by atoms with van der Waals surface area (Å²) < 4.78 is 76.5. The lowest BCUT2D eigenvalue weighted by Gasteiger charge is -2.26. The zero-order valence-electron chi connectivity index (χ0n) is 24.3. The van der Waals surface area contributed by atoms with Crippen molar-refractivity contribution in [2.45, 2.75) is 31.9 Å². The number of rotatable bonds is 10. The SMILES string of the molecule is COc1cc2ncc(-c3ccc(CC(=O)Nc4cc(C(C)(C)C(F)(F)F)on4)c(F)c3)nc2cc1OCCN1CCOCC1. The van der Waals surface area contributed by atoms with Gasteiger partial charge in [0.2, 0.25) is 5.91 Å². The highest BCUT2D eigenvalue weighted by Gasteiger charge is 2.51. The highest BCUT2D eigenvalue weighted by molar-refractivity contribution is 5.91. The molecule has 1 N–H and O–H groups in total. The van der Waals surface area contributed by atoms with Gasteiger partial charge in [-0.2, -0.15) is 13.2 Å². The number of alkyl halides is 3. The van der Waals surface area contributed by atoms with Crippen molar-refractivity contribution < 1.29 is 41.1 Å². The molecule has 0 bridgehead atoms. The van der Waals surface area contributed by atoms with E-state index in [9.17, 15) is 18.0 Å². The van der Waals surface area contributed by atoms with Crippen LogP contribution in [0.15, 0.2) is 47.1 Å². The van der Waals surface area contributed by atoms with Crippen molar-refractivity contribution in [3.05, 3.63) is 59.7 Å². The number of fused-ring (bicyclic) bond motifs is 1. The second kappa shape index (κ2) is 12.7. The van der Waals surface area contributed by atoms with E-state index < -0.39 is 29.1 Å². The van der Waals surface area contributed by atoms with Crippen molar-refractivity contribution >= 4 is 22.8 Å². The predicted octanol–water partition coefficient (Wildman–Crippen LogP) is 5.16. The molecule has 4 aromatic rings. The third kappa shape index (κ3) is 6.91. The molecular formula is C30H31F4N5O5. The molecule has 3 heterocycles. The third-order valence-electron chi connectivity index (χ3n) is 7.40. The fraction of sp³-hybridized carbons (Fsp3) is 0.400. The summed E-state index contributed by atoms with van der Waals surface area (Å²) >= 11 is 0. The van der Waals surface area contributed by atoms with Crippen molar-refractivity contribution in [1.29, 1.82) is 0 Å². The first-order chi connectivity index (χ1) is 20.9. The van der Waals surface area contributed by atoms with Crippen LogP contribution in [0.3, 0.4) is 0 Å². The molecule has 0 unspecified atom stereocenters. The van der Waals surface area contributed by atoms with Crippen LogP contribution in [-0.4, -0.2) is 78.7 Å². The van der Waals surface area contributed by atoms with Gasteiger partial charge in [-0.1, -0.05) is 17.3 Å². The molecule has 14 heteroatoms. The Kier molecular flexibility index (Phi) is 9.02. The van der Waals surface area contributed by atoms with Gasteiger partial charge in [-0.05, 0) is 25.5 Å². The Balaban J connectivity index is 1.26. The van der Waals surface area contributed by atoms with Gasteiger partial charge in [0.05, 0.1) is 49.7 Å². The molecule has 0 atom stereocenters. The second-order valence-corrected chi connectivity index (χ2v) is 10.8. The number of nitrogens with zero attached hydrogens (tertiary/aromatic N) is 4. The normalized spacial score (nSPS) is 14.5. The van der Waals surface area contributed by atoms with Crippen molar-refractivity contribution in [2.75, 3.05) is 51.9 Å². The molecule has 5 rings (SSSR count). The van der Waals surface area contributed by atoms with Gasteiger partial charge in [0, 0.05) is 43.4 Å². The van der Waals surface area contributed by atoms with Gasteiger partial charge in [-0.15, -0.1) is 0 Å². The van der Waals surface area contributed by atoms with Crippen LogP contribution < -0.4 is 14.8 Å². The number of amides is 1. The number of methoxy groups -OCH3 is 1. The van der Waals surface area contributed by atoms with E-state index in [2.05, 4.69) is 25.3 Å². The van der Waals surface area contributed by atoms with Crippen LogP contribution >= 0.6 is 0 Å². The zero-order valence-corrected chi connectivity index (χ0v) is 24.3. The minimum absolute atomic E-state index is 0.0695. The summed E-state index contributed by atoms with van der Waals surface area (Å²) in [6.07, 6.45) is -3.46. The quantitative estimate of drug-likeness (QED) is 0.241. The smallest absolute Gasteiger partial charge is 0.401 e. The summed E-state index contributed by atoms with van der Waals surface area (Å²) in [5.74, 6) is -0.985. The lowest BCUT2D eigenvalue weighted by Crippen LogP contribution is -2.38. The van der Waals surface area contributed by atoms with Crippen LogP contribution in [0.5, 0.6) is 11.5 Å². The minimum Gasteiger partial charge on any atom is -0.493 e. The van der Waals surface area contributed by atoms with Crippen LogP contribution in [-0.2, 0) is 21.4 Å². The molecule has 1 amide bonds. The molecule has 10 nitrogen and oxygen atoms in total. The average Bonchev–Trinajstić information content (AvgIpc) is 3.46. The van der Waals surface area contributed by atoms with Gasteiger partial charge in [0.1, 0.15) is 17.8 Å². The topological polar surface area (TPSA) is 112 Å². The average molecular weight is 618 g/mol. The van der Waals surface area contributed by atoms with Crippen molar-refractivity contribution in [1.82, 2.24) is 20.0 Å². The fourth-order valence-electron chi connectivity index (χ4n) is 4.52. The van der Waals surface area contributed by atoms with E-state index in [1.54, 1.807) is 25.3 Å². The third-order valence-corrected chi connectivity index (χ3v) is 7.40. The van der Waals surface area contributed by atoms with Gasteiger partial charge >= 0.3 is 6.18 Å². The molecule has 1 aliphatic rings. The second-order valence-electron chi connectivity index (χ2n) is 10.8. The Morgan fingerprint density at radius 2 is 1.82 bits per heavy atom. The summed E-state index contributed by atoms with van der Waals surface area (Å²) in [6.45, 7) is 6.14. The van der Waals surface area contributed by atoms with Crippen molar-refractivity contribution in [3.63, 3.8) is 0 Å². The maximum Gasteiger partial charge on any atom is 0.401 e. The molecule has 44 heavy (non-hydrogen) atoms. The van der Waals surface area contributed by atoms with Crippen LogP contribution in [0.4, 0.5) is 23.4 Å². The molecule has 2 aromatic heterocycles. The zero-order chi connectivity index (χ0) is 31.5. The first-order valence-corrected chi connectivity index (χ1v) is 13.8. The molecule has 0 spiro atoms. The maximum atomic E-state index is 15.1. The molecule has 1 saturated heterocycles. The highest BCUT2D eigenvalue weighted by Crippen LogP contribution is 2.41. The Hall–Kier alpha value is -4.30. The Labute approximate surface area is 250 Å². The van der Waals surface area contributed by atoms with Gasteiger partial charge in [0.15, 0.2) is 23.1 Å². The van der Waals surface area contributed by atoms with Crippen molar-refractivity contribution in [2.24, 2.45) is 0 Å². The number of morpholine rings is 1. The number of hydrogen-bond acceptors (Lipinski definition) is 9. The van der Waals surface area contributed by atoms with Crippen molar-refractivity contribution in [3.8, 4) is 22.8 Å². The summed E-state index contributed by atoms with van der Waals surface area (Å²) in [6, 6.07) is 8.72. The Morgan fingerprint density at radius 1 is 1.07 bits per heavy atom. The number of nitrogens with one attached hydrogen (secondary N) is 1. The number of hydrogen-bond donors (Lipinski definition) is 1. The minimum atomic E-state index is -4.58. The first-order valence-electron chi connectivity index (χ1n) is 13.8. The molecule has 1 fully saturated rings. The predicted molar refractivity (Wildman–Crippen MR) is 152 cm³/mol. The summed E-state index contributed by atoms with van der Waals surface area (Å²) in [5.41, 5.74) is -0.314. The molecule has 2 aromatic carbocycles. The largest absolute Gasteiger partial charge is 0.493 e. The van der Waals surface area contributed by atoms with Gasteiger partial charge < -0.3 is 24.1 Å². The molecular weight excluding hydrogens is 586 g/mol. The molecule has 0 aliphatic carbocycles.